The molecule has 176 valence electrons. The molecule has 0 aliphatic rings. The van der Waals surface area contributed by atoms with Gasteiger partial charge in [-0.2, -0.15) is 0 Å². The molecule has 0 amide bonds. The number of halogens is 2. The summed E-state index contributed by atoms with van der Waals surface area (Å²) in [6, 6.07) is 17.4. The first-order chi connectivity index (χ1) is 15.8. The van der Waals surface area contributed by atoms with E-state index in [4.69, 9.17) is 4.98 Å². The normalized spacial score (nSPS) is 12.1. The Balaban J connectivity index is 0.00000324. The predicted octanol–water partition coefficient (Wildman–Crippen LogP) is 5.44. The van der Waals surface area contributed by atoms with Gasteiger partial charge in [0.1, 0.15) is 5.82 Å². The predicted molar refractivity (Wildman–Crippen MR) is 133 cm³/mol. The Hall–Kier alpha value is -3.16. The third-order valence-electron chi connectivity index (χ3n) is 5.48. The van der Waals surface area contributed by atoms with Gasteiger partial charge in [0.2, 0.25) is 0 Å². The molecule has 8 heteroatoms. The van der Waals surface area contributed by atoms with Gasteiger partial charge in [-0.05, 0) is 65.4 Å². The molecule has 0 aliphatic heterocycles. The van der Waals surface area contributed by atoms with Crippen molar-refractivity contribution in [3.8, 4) is 11.1 Å². The first kappa shape index (κ1) is 25.5. The molecule has 2 aromatic heterocycles. The fourth-order valence-electron chi connectivity index (χ4n) is 3.74. The van der Waals surface area contributed by atoms with E-state index in [9.17, 15) is 12.8 Å². The van der Waals surface area contributed by atoms with Crippen molar-refractivity contribution in [3.63, 3.8) is 0 Å². The van der Waals surface area contributed by atoms with Crippen LogP contribution >= 0.6 is 12.4 Å². The first-order valence-corrected chi connectivity index (χ1v) is 12.5. The average Bonchev–Trinajstić information content (AvgIpc) is 2.79. The summed E-state index contributed by atoms with van der Waals surface area (Å²) in [5.74, 6) is -0.111. The summed E-state index contributed by atoms with van der Waals surface area (Å²) in [7, 11) is -3.26. The molecule has 1 atom stereocenters. The maximum Gasteiger partial charge on any atom is 0.175 e. The molecule has 2 aromatic carbocycles. The quantitative estimate of drug-likeness (QED) is 0.340. The summed E-state index contributed by atoms with van der Waals surface area (Å²) < 4.78 is 37.0. The lowest BCUT2D eigenvalue weighted by Gasteiger charge is -2.14. The lowest BCUT2D eigenvalue weighted by molar-refractivity contribution is 0.602. The van der Waals surface area contributed by atoms with Crippen LogP contribution in [0.4, 0.5) is 4.39 Å². The maximum atomic E-state index is 13.3. The SMILES string of the molecule is C[C@H](Cc1cc(-c2ccc(S(C)(=O)=O)cc2)cc(Cc2cnccn2)n1)c1ccc(F)cc1.Cl. The van der Waals surface area contributed by atoms with Gasteiger partial charge in [0, 0.05) is 42.7 Å². The molecule has 4 aromatic rings. The lowest BCUT2D eigenvalue weighted by atomic mass is 9.94. The summed E-state index contributed by atoms with van der Waals surface area (Å²) in [4.78, 5) is 13.6. The van der Waals surface area contributed by atoms with E-state index >= 15 is 0 Å². The number of hydrogen-bond acceptors (Lipinski definition) is 5. The van der Waals surface area contributed by atoms with Gasteiger partial charge < -0.3 is 0 Å². The zero-order chi connectivity index (χ0) is 23.4. The van der Waals surface area contributed by atoms with Crippen molar-refractivity contribution in [1.82, 2.24) is 15.0 Å². The van der Waals surface area contributed by atoms with Gasteiger partial charge in [0.15, 0.2) is 9.84 Å². The second-order valence-electron chi connectivity index (χ2n) is 8.17. The van der Waals surface area contributed by atoms with E-state index in [2.05, 4.69) is 16.9 Å². The minimum absolute atomic E-state index is 0. The van der Waals surface area contributed by atoms with Gasteiger partial charge in [-0.3, -0.25) is 15.0 Å². The lowest BCUT2D eigenvalue weighted by Crippen LogP contribution is -2.04. The van der Waals surface area contributed by atoms with Crippen LogP contribution in [-0.2, 0) is 22.7 Å². The highest BCUT2D eigenvalue weighted by molar-refractivity contribution is 7.90. The third-order valence-corrected chi connectivity index (χ3v) is 6.61. The smallest absolute Gasteiger partial charge is 0.175 e. The Morgan fingerprint density at radius 2 is 1.56 bits per heavy atom. The van der Waals surface area contributed by atoms with Gasteiger partial charge in [0.05, 0.1) is 10.6 Å². The molecule has 0 N–H and O–H groups in total. The molecule has 0 saturated carbocycles. The van der Waals surface area contributed by atoms with Crippen molar-refractivity contribution >= 4 is 22.2 Å². The molecule has 0 bridgehead atoms. The van der Waals surface area contributed by atoms with Crippen LogP contribution in [0, 0.1) is 5.82 Å². The van der Waals surface area contributed by atoms with Crippen molar-refractivity contribution < 1.29 is 12.8 Å². The highest BCUT2D eigenvalue weighted by Crippen LogP contribution is 2.26. The van der Waals surface area contributed by atoms with Crippen molar-refractivity contribution in [1.29, 1.82) is 0 Å². The van der Waals surface area contributed by atoms with Crippen molar-refractivity contribution in [2.75, 3.05) is 6.26 Å². The number of aromatic nitrogens is 3. The van der Waals surface area contributed by atoms with E-state index in [1.165, 1.54) is 18.4 Å². The van der Waals surface area contributed by atoms with Crippen LogP contribution in [0.15, 0.2) is 84.1 Å². The molecule has 2 heterocycles. The molecule has 34 heavy (non-hydrogen) atoms. The number of rotatable bonds is 7. The van der Waals surface area contributed by atoms with Crippen LogP contribution in [-0.4, -0.2) is 29.6 Å². The second kappa shape index (κ2) is 10.8. The summed E-state index contributed by atoms with van der Waals surface area (Å²) >= 11 is 0. The second-order valence-corrected chi connectivity index (χ2v) is 10.2. The van der Waals surface area contributed by atoms with Gasteiger partial charge in [-0.15, -0.1) is 12.4 Å². The Kier molecular flexibility index (Phi) is 8.12. The molecular formula is C26H25ClFN3O2S. The largest absolute Gasteiger partial charge is 0.261 e. The van der Waals surface area contributed by atoms with Crippen molar-refractivity contribution in [2.45, 2.75) is 30.6 Å². The summed E-state index contributed by atoms with van der Waals surface area (Å²) in [5.41, 5.74) is 5.45. The molecular weight excluding hydrogens is 473 g/mol. The van der Waals surface area contributed by atoms with Crippen LogP contribution < -0.4 is 0 Å². The van der Waals surface area contributed by atoms with Crippen LogP contribution in [0.2, 0.25) is 0 Å². The molecule has 0 spiro atoms. The highest BCUT2D eigenvalue weighted by Gasteiger charge is 2.13. The zero-order valence-electron chi connectivity index (χ0n) is 18.8. The Labute approximate surface area is 205 Å². The summed E-state index contributed by atoms with van der Waals surface area (Å²) in [6.07, 6.45) is 7.40. The van der Waals surface area contributed by atoms with E-state index in [-0.39, 0.29) is 29.0 Å². The Morgan fingerprint density at radius 3 is 2.18 bits per heavy atom. The number of nitrogens with zero attached hydrogens (tertiary/aromatic N) is 3. The van der Waals surface area contributed by atoms with E-state index in [0.717, 1.165) is 33.8 Å². The van der Waals surface area contributed by atoms with E-state index in [0.29, 0.717) is 12.8 Å². The van der Waals surface area contributed by atoms with E-state index in [1.54, 1.807) is 42.9 Å². The minimum Gasteiger partial charge on any atom is -0.261 e. The average molecular weight is 498 g/mol. The van der Waals surface area contributed by atoms with Crippen LogP contribution in [0.5, 0.6) is 0 Å². The van der Waals surface area contributed by atoms with Crippen LogP contribution in [0.25, 0.3) is 11.1 Å². The van der Waals surface area contributed by atoms with Crippen molar-refractivity contribution in [2.24, 2.45) is 0 Å². The number of sulfone groups is 1. The fourth-order valence-corrected chi connectivity index (χ4v) is 4.37. The van der Waals surface area contributed by atoms with Crippen LogP contribution in [0.3, 0.4) is 0 Å². The first-order valence-electron chi connectivity index (χ1n) is 10.6. The Bertz CT molecular complexity index is 1350. The molecule has 0 aliphatic carbocycles. The summed E-state index contributed by atoms with van der Waals surface area (Å²) in [6.45, 7) is 2.09. The van der Waals surface area contributed by atoms with Crippen molar-refractivity contribution in [3.05, 3.63) is 108 Å². The van der Waals surface area contributed by atoms with Gasteiger partial charge >= 0.3 is 0 Å². The molecule has 0 saturated heterocycles. The fraction of sp³-hybridized carbons (Fsp3) is 0.192. The number of pyridine rings is 1. The topological polar surface area (TPSA) is 72.8 Å². The standard InChI is InChI=1S/C26H24FN3O2S.ClH/c1-18(19-3-7-22(27)8-4-19)13-23-14-21(20-5-9-26(10-6-20)33(2,31)32)15-24(30-23)16-25-17-28-11-12-29-25;/h3-12,14-15,17-18H,13,16H2,1-2H3;1H/t18-;/m1./s1. The molecule has 0 unspecified atom stereocenters. The third kappa shape index (κ3) is 6.46. The van der Waals surface area contributed by atoms with E-state index in [1.807, 2.05) is 24.3 Å². The van der Waals surface area contributed by atoms with Gasteiger partial charge in [-0.1, -0.05) is 31.2 Å². The molecule has 0 radical (unpaired) electrons. The zero-order valence-corrected chi connectivity index (χ0v) is 20.5. The number of benzene rings is 2. The van der Waals surface area contributed by atoms with Crippen LogP contribution in [0.1, 0.15) is 35.5 Å². The van der Waals surface area contributed by atoms with Gasteiger partial charge in [0.25, 0.3) is 0 Å². The van der Waals surface area contributed by atoms with E-state index < -0.39 is 9.84 Å². The molecule has 5 nitrogen and oxygen atoms in total. The Morgan fingerprint density at radius 1 is 0.882 bits per heavy atom. The maximum absolute atomic E-state index is 13.3. The highest BCUT2D eigenvalue weighted by atomic mass is 35.5. The number of hydrogen-bond donors (Lipinski definition) is 0. The minimum atomic E-state index is -3.26. The molecule has 4 rings (SSSR count). The molecule has 0 fully saturated rings. The monoisotopic (exact) mass is 497 g/mol. The summed E-state index contributed by atoms with van der Waals surface area (Å²) in [5, 5.41) is 0. The van der Waals surface area contributed by atoms with Gasteiger partial charge in [-0.25, -0.2) is 12.8 Å².